The van der Waals surface area contributed by atoms with Gasteiger partial charge >= 0.3 is 6.03 Å². The fourth-order valence-electron chi connectivity index (χ4n) is 2.39. The van der Waals surface area contributed by atoms with Gasteiger partial charge in [0.15, 0.2) is 0 Å². The summed E-state index contributed by atoms with van der Waals surface area (Å²) >= 11 is 1.61. The van der Waals surface area contributed by atoms with Crippen LogP contribution in [0, 0.1) is 17.2 Å². The molecule has 2 amide bonds. The molecule has 1 fully saturated rings. The van der Waals surface area contributed by atoms with Gasteiger partial charge in [-0.05, 0) is 39.1 Å². The van der Waals surface area contributed by atoms with Gasteiger partial charge in [-0.2, -0.15) is 5.26 Å². The fraction of sp³-hybridized carbons (Fsp3) is 0.529. The average Bonchev–Trinajstić information content (AvgIpc) is 2.78. The molecule has 1 N–H and O–H groups in total. The van der Waals surface area contributed by atoms with E-state index in [4.69, 9.17) is 5.26 Å². The largest absolute Gasteiger partial charge is 0.323 e. The fourth-order valence-corrected chi connectivity index (χ4v) is 3.35. The van der Waals surface area contributed by atoms with Crippen LogP contribution in [0.1, 0.15) is 13.3 Å². The molecule has 0 unspecified atom stereocenters. The topological polar surface area (TPSA) is 59.4 Å². The Hall–Kier alpha value is -1.71. The smallest absolute Gasteiger partial charge is 0.321 e. The Morgan fingerprint density at radius 2 is 2.13 bits per heavy atom. The number of carbonyl (C=O) groups is 1. The van der Waals surface area contributed by atoms with Gasteiger partial charge in [-0.15, -0.1) is 11.8 Å². The van der Waals surface area contributed by atoms with Gasteiger partial charge in [0.25, 0.3) is 0 Å². The highest BCUT2D eigenvalue weighted by atomic mass is 32.2. The zero-order valence-corrected chi connectivity index (χ0v) is 14.6. The van der Waals surface area contributed by atoms with Crippen LogP contribution in [0.3, 0.4) is 0 Å². The Kier molecular flexibility index (Phi) is 6.75. The Balaban J connectivity index is 1.99. The van der Waals surface area contributed by atoms with Crippen molar-refractivity contribution in [2.24, 2.45) is 5.92 Å². The van der Waals surface area contributed by atoms with Crippen molar-refractivity contribution in [2.75, 3.05) is 44.3 Å². The van der Waals surface area contributed by atoms with Gasteiger partial charge in [0, 0.05) is 30.3 Å². The normalized spacial score (nSPS) is 17.2. The molecule has 124 valence electrons. The lowest BCUT2D eigenvalue weighted by Crippen LogP contribution is -2.37. The minimum Gasteiger partial charge on any atom is -0.323 e. The molecule has 1 aliphatic rings. The Morgan fingerprint density at radius 3 is 2.91 bits per heavy atom. The summed E-state index contributed by atoms with van der Waals surface area (Å²) in [5.74, 6) is 0.711. The predicted octanol–water partition coefficient (Wildman–Crippen LogP) is 3.11. The van der Waals surface area contributed by atoms with E-state index in [9.17, 15) is 4.79 Å². The highest BCUT2D eigenvalue weighted by Crippen LogP contribution is 2.28. The number of para-hydroxylation sites is 1. The lowest BCUT2D eigenvalue weighted by Gasteiger charge is -2.22. The number of nitrogens with one attached hydrogen (secondary N) is 1. The van der Waals surface area contributed by atoms with E-state index in [1.807, 2.05) is 36.1 Å². The number of carbonyl (C=O) groups excluding carboxylic acids is 1. The third kappa shape index (κ3) is 5.45. The summed E-state index contributed by atoms with van der Waals surface area (Å²) in [4.78, 5) is 17.6. The average molecular weight is 332 g/mol. The van der Waals surface area contributed by atoms with Crippen LogP contribution in [0.5, 0.6) is 0 Å². The maximum atomic E-state index is 12.5. The van der Waals surface area contributed by atoms with Crippen LogP contribution >= 0.6 is 11.8 Å². The summed E-state index contributed by atoms with van der Waals surface area (Å²) in [6, 6.07) is 9.98. The first-order valence-electron chi connectivity index (χ1n) is 7.96. The molecule has 1 aromatic rings. The van der Waals surface area contributed by atoms with Gasteiger partial charge in [-0.1, -0.05) is 12.1 Å². The molecular weight excluding hydrogens is 308 g/mol. The van der Waals surface area contributed by atoms with E-state index < -0.39 is 0 Å². The number of amides is 2. The van der Waals surface area contributed by atoms with Crippen molar-refractivity contribution >= 4 is 23.5 Å². The van der Waals surface area contributed by atoms with Gasteiger partial charge < -0.3 is 15.1 Å². The highest BCUT2D eigenvalue weighted by Gasteiger charge is 2.18. The third-order valence-corrected chi connectivity index (χ3v) is 5.18. The first-order chi connectivity index (χ1) is 11.1. The molecule has 23 heavy (non-hydrogen) atoms. The molecule has 0 radical (unpaired) electrons. The zero-order chi connectivity index (χ0) is 16.7. The molecule has 5 nitrogen and oxygen atoms in total. The second-order valence-electron chi connectivity index (χ2n) is 5.91. The molecule has 0 spiro atoms. The summed E-state index contributed by atoms with van der Waals surface area (Å²) in [5.41, 5.74) is 0.824. The minimum absolute atomic E-state index is 0.00935. The van der Waals surface area contributed by atoms with Crippen LogP contribution in [0.15, 0.2) is 29.2 Å². The van der Waals surface area contributed by atoms with Gasteiger partial charge in [0.2, 0.25) is 0 Å². The standard InChI is InChI=1S/C17H24N4OS/c1-14(12-18)13-23-16-7-4-3-6-15(16)19-17(22)21-9-5-8-20(2)10-11-21/h3-4,6-7,14H,5,8-11,13H2,1-2H3,(H,19,22)/t14-/m1/s1. The molecule has 1 saturated heterocycles. The van der Waals surface area contributed by atoms with Crippen LogP contribution in [0.2, 0.25) is 0 Å². The number of hydrogen-bond donors (Lipinski definition) is 1. The first kappa shape index (κ1) is 17.6. The molecule has 1 aliphatic heterocycles. The van der Waals surface area contributed by atoms with Crippen molar-refractivity contribution in [3.05, 3.63) is 24.3 Å². The molecule has 1 atom stereocenters. The van der Waals surface area contributed by atoms with E-state index in [0.29, 0.717) is 0 Å². The van der Waals surface area contributed by atoms with Crippen molar-refractivity contribution in [3.63, 3.8) is 0 Å². The maximum Gasteiger partial charge on any atom is 0.321 e. The number of urea groups is 1. The van der Waals surface area contributed by atoms with Crippen LogP contribution in [0.4, 0.5) is 10.5 Å². The number of anilines is 1. The summed E-state index contributed by atoms with van der Waals surface area (Å²) in [7, 11) is 2.09. The molecule has 6 heteroatoms. The molecule has 0 aliphatic carbocycles. The van der Waals surface area contributed by atoms with Crippen LogP contribution in [0.25, 0.3) is 0 Å². The molecule has 0 aromatic heterocycles. The van der Waals surface area contributed by atoms with Crippen molar-refractivity contribution < 1.29 is 4.79 Å². The first-order valence-corrected chi connectivity index (χ1v) is 8.94. The Labute approximate surface area is 142 Å². The molecule has 2 rings (SSSR count). The van der Waals surface area contributed by atoms with Crippen molar-refractivity contribution in [1.29, 1.82) is 5.26 Å². The third-order valence-electron chi connectivity index (χ3n) is 3.84. The second-order valence-corrected chi connectivity index (χ2v) is 6.97. The van der Waals surface area contributed by atoms with E-state index in [1.54, 1.807) is 11.8 Å². The Morgan fingerprint density at radius 1 is 1.35 bits per heavy atom. The van der Waals surface area contributed by atoms with Gasteiger partial charge in [-0.25, -0.2) is 4.79 Å². The van der Waals surface area contributed by atoms with Crippen LogP contribution in [-0.2, 0) is 0 Å². The van der Waals surface area contributed by atoms with Gasteiger partial charge in [0.1, 0.15) is 0 Å². The summed E-state index contributed by atoms with van der Waals surface area (Å²) < 4.78 is 0. The summed E-state index contributed by atoms with van der Waals surface area (Å²) in [5, 5.41) is 11.9. The number of benzene rings is 1. The second kappa shape index (κ2) is 8.80. The van der Waals surface area contributed by atoms with Crippen LogP contribution < -0.4 is 5.32 Å². The van der Waals surface area contributed by atoms with Gasteiger partial charge in [0.05, 0.1) is 17.7 Å². The molecular formula is C17H24N4OS. The molecule has 1 aromatic carbocycles. The quantitative estimate of drug-likeness (QED) is 0.861. The summed E-state index contributed by atoms with van der Waals surface area (Å²) in [6.07, 6.45) is 1.00. The number of hydrogen-bond acceptors (Lipinski definition) is 4. The number of rotatable bonds is 4. The highest BCUT2D eigenvalue weighted by molar-refractivity contribution is 7.99. The van der Waals surface area contributed by atoms with Crippen LogP contribution in [-0.4, -0.2) is 54.8 Å². The molecule has 0 bridgehead atoms. The van der Waals surface area contributed by atoms with Crippen molar-refractivity contribution in [1.82, 2.24) is 9.80 Å². The van der Waals surface area contributed by atoms with E-state index in [2.05, 4.69) is 23.3 Å². The zero-order valence-electron chi connectivity index (χ0n) is 13.8. The SMILES string of the molecule is C[C@H](C#N)CSc1ccccc1NC(=O)N1CCCN(C)CC1. The number of thioether (sulfide) groups is 1. The number of nitriles is 1. The lowest BCUT2D eigenvalue weighted by molar-refractivity contribution is 0.213. The summed E-state index contributed by atoms with van der Waals surface area (Å²) in [6.45, 7) is 5.38. The molecule has 0 saturated carbocycles. The van der Waals surface area contributed by atoms with Crippen molar-refractivity contribution in [3.8, 4) is 6.07 Å². The van der Waals surface area contributed by atoms with Gasteiger partial charge in [-0.3, -0.25) is 0 Å². The Bertz CT molecular complexity index is 572. The number of likely N-dealkylation sites (N-methyl/N-ethyl adjacent to an activating group) is 1. The number of nitrogens with zero attached hydrogens (tertiary/aromatic N) is 3. The van der Waals surface area contributed by atoms with E-state index >= 15 is 0 Å². The van der Waals surface area contributed by atoms with E-state index in [-0.39, 0.29) is 11.9 Å². The maximum absolute atomic E-state index is 12.5. The molecule has 1 heterocycles. The predicted molar refractivity (Wildman–Crippen MR) is 94.6 cm³/mol. The van der Waals surface area contributed by atoms with Crippen molar-refractivity contribution in [2.45, 2.75) is 18.2 Å². The lowest BCUT2D eigenvalue weighted by atomic mass is 10.3. The van der Waals surface area contributed by atoms with E-state index in [0.717, 1.165) is 48.9 Å². The van der Waals surface area contributed by atoms with E-state index in [1.165, 1.54) is 0 Å². The monoisotopic (exact) mass is 332 g/mol. The minimum atomic E-state index is -0.0401.